The molecular weight excluding hydrogens is 291 g/mol. The Morgan fingerprint density at radius 3 is 2.75 bits per heavy atom. The van der Waals surface area contributed by atoms with Crippen molar-refractivity contribution < 1.29 is 4.74 Å². The fourth-order valence-electron chi connectivity index (χ4n) is 1.51. The second-order valence-electron chi connectivity index (χ2n) is 3.33. The molecule has 0 aliphatic rings. The van der Waals surface area contributed by atoms with Crippen molar-refractivity contribution in [1.82, 2.24) is 9.97 Å². The molecule has 5 heteroatoms. The largest absolute Gasteiger partial charge is 0.496 e. The van der Waals surface area contributed by atoms with Crippen molar-refractivity contribution >= 4 is 27.5 Å². The number of nitrogens with one attached hydrogen (secondary N) is 1. The van der Waals surface area contributed by atoms with E-state index in [1.54, 1.807) is 13.2 Å². The first-order chi connectivity index (χ1) is 7.61. The lowest BCUT2D eigenvalue weighted by Gasteiger charge is -2.06. The quantitative estimate of drug-likeness (QED) is 0.916. The van der Waals surface area contributed by atoms with Crippen molar-refractivity contribution in [3.63, 3.8) is 0 Å². The van der Waals surface area contributed by atoms with E-state index in [2.05, 4.69) is 25.9 Å². The summed E-state index contributed by atoms with van der Waals surface area (Å²) in [5, 5.41) is 0.656. The fraction of sp³-hybridized carbons (Fsp3) is 0.182. The summed E-state index contributed by atoms with van der Waals surface area (Å²) in [6.45, 7) is 1.89. The maximum Gasteiger partial charge on any atom is 0.128 e. The van der Waals surface area contributed by atoms with E-state index in [1.165, 1.54) is 0 Å². The fourth-order valence-corrected chi connectivity index (χ4v) is 2.27. The average Bonchev–Trinajstić information content (AvgIpc) is 2.57. The Labute approximate surface area is 107 Å². The van der Waals surface area contributed by atoms with Gasteiger partial charge in [-0.15, -0.1) is 0 Å². The van der Waals surface area contributed by atoms with Crippen LogP contribution in [0.2, 0.25) is 5.02 Å². The van der Waals surface area contributed by atoms with Crippen LogP contribution in [-0.4, -0.2) is 17.1 Å². The van der Waals surface area contributed by atoms with Crippen molar-refractivity contribution in [3.05, 3.63) is 33.6 Å². The minimum Gasteiger partial charge on any atom is -0.496 e. The van der Waals surface area contributed by atoms with Crippen LogP contribution in [0.1, 0.15) is 5.82 Å². The number of nitrogens with zero attached hydrogens (tertiary/aromatic N) is 1. The molecule has 0 aliphatic carbocycles. The molecule has 16 heavy (non-hydrogen) atoms. The number of H-pyrrole nitrogens is 1. The van der Waals surface area contributed by atoms with Crippen LogP contribution in [0.15, 0.2) is 22.8 Å². The highest BCUT2D eigenvalue weighted by atomic mass is 79.9. The summed E-state index contributed by atoms with van der Waals surface area (Å²) in [4.78, 5) is 7.47. The highest BCUT2D eigenvalue weighted by molar-refractivity contribution is 9.10. The third kappa shape index (κ3) is 2.08. The summed E-state index contributed by atoms with van der Waals surface area (Å²) in [6.07, 6.45) is 0. The molecule has 1 N–H and O–H groups in total. The first-order valence-corrected chi connectivity index (χ1v) is 5.85. The van der Waals surface area contributed by atoms with Gasteiger partial charge in [-0.25, -0.2) is 4.98 Å². The second kappa shape index (κ2) is 4.47. The molecule has 0 amide bonds. The summed E-state index contributed by atoms with van der Waals surface area (Å²) < 4.78 is 6.11. The number of hydrogen-bond donors (Lipinski definition) is 1. The van der Waals surface area contributed by atoms with Crippen LogP contribution >= 0.6 is 27.5 Å². The molecule has 0 fully saturated rings. The molecule has 0 saturated carbocycles. The smallest absolute Gasteiger partial charge is 0.128 e. The van der Waals surface area contributed by atoms with E-state index < -0.39 is 0 Å². The Balaban J connectivity index is 2.62. The summed E-state index contributed by atoms with van der Waals surface area (Å²) in [7, 11) is 1.63. The number of methoxy groups -OCH3 is 1. The molecule has 0 bridgehead atoms. The lowest BCUT2D eigenvalue weighted by atomic mass is 10.1. The summed E-state index contributed by atoms with van der Waals surface area (Å²) >= 11 is 9.40. The van der Waals surface area contributed by atoms with Gasteiger partial charge in [-0.05, 0) is 41.1 Å². The minimum atomic E-state index is 0.656. The van der Waals surface area contributed by atoms with E-state index in [1.807, 2.05) is 19.1 Å². The van der Waals surface area contributed by atoms with Crippen LogP contribution in [0.5, 0.6) is 5.75 Å². The topological polar surface area (TPSA) is 37.9 Å². The number of rotatable bonds is 2. The number of ether oxygens (including phenoxy) is 1. The molecular formula is C11H10BrClN2O. The molecule has 84 valence electrons. The normalized spacial score (nSPS) is 10.5. The van der Waals surface area contributed by atoms with E-state index in [0.717, 1.165) is 27.4 Å². The predicted octanol–water partition coefficient (Wildman–Crippen LogP) is 3.81. The van der Waals surface area contributed by atoms with Gasteiger partial charge in [0.25, 0.3) is 0 Å². The molecule has 0 spiro atoms. The summed E-state index contributed by atoms with van der Waals surface area (Å²) in [6, 6.07) is 5.45. The molecule has 2 aromatic rings. The number of aromatic nitrogens is 2. The van der Waals surface area contributed by atoms with Crippen LogP contribution in [0, 0.1) is 6.92 Å². The summed E-state index contributed by atoms with van der Waals surface area (Å²) in [5.74, 6) is 1.58. The van der Waals surface area contributed by atoms with Gasteiger partial charge in [0.1, 0.15) is 21.9 Å². The number of imidazole rings is 1. The lowest BCUT2D eigenvalue weighted by molar-refractivity contribution is 0.416. The SMILES string of the molecule is COc1ccc(Cl)cc1-c1nc(C)[nH]c1Br. The number of hydrogen-bond acceptors (Lipinski definition) is 2. The van der Waals surface area contributed by atoms with E-state index in [4.69, 9.17) is 16.3 Å². The van der Waals surface area contributed by atoms with Crippen molar-refractivity contribution in [1.29, 1.82) is 0 Å². The number of aromatic amines is 1. The molecule has 2 rings (SSSR count). The van der Waals surface area contributed by atoms with Crippen molar-refractivity contribution in [2.45, 2.75) is 6.92 Å². The molecule has 0 atom stereocenters. The highest BCUT2D eigenvalue weighted by Gasteiger charge is 2.13. The van der Waals surface area contributed by atoms with E-state index in [9.17, 15) is 0 Å². The molecule has 0 radical (unpaired) electrons. The van der Waals surface area contributed by atoms with Crippen LogP contribution in [-0.2, 0) is 0 Å². The molecule has 0 saturated heterocycles. The maximum absolute atomic E-state index is 5.97. The molecule has 1 aromatic carbocycles. The first-order valence-electron chi connectivity index (χ1n) is 4.68. The average molecular weight is 302 g/mol. The zero-order valence-corrected chi connectivity index (χ0v) is 11.2. The zero-order valence-electron chi connectivity index (χ0n) is 8.84. The van der Waals surface area contributed by atoms with Crippen molar-refractivity contribution in [2.24, 2.45) is 0 Å². The van der Waals surface area contributed by atoms with Gasteiger partial charge in [0.05, 0.1) is 7.11 Å². The van der Waals surface area contributed by atoms with E-state index in [0.29, 0.717) is 5.02 Å². The Kier molecular flexibility index (Phi) is 3.21. The monoisotopic (exact) mass is 300 g/mol. The first kappa shape index (κ1) is 11.5. The standard InChI is InChI=1S/C11H10BrClN2O/c1-6-14-10(11(12)15-6)8-5-7(13)3-4-9(8)16-2/h3-5H,1-2H3,(H,14,15). The molecule has 0 unspecified atom stereocenters. The maximum atomic E-state index is 5.97. The van der Waals surface area contributed by atoms with E-state index in [-0.39, 0.29) is 0 Å². The van der Waals surface area contributed by atoms with Gasteiger partial charge in [0.15, 0.2) is 0 Å². The molecule has 0 aliphatic heterocycles. The van der Waals surface area contributed by atoms with Crippen molar-refractivity contribution in [3.8, 4) is 17.0 Å². The minimum absolute atomic E-state index is 0.656. The molecule has 3 nitrogen and oxygen atoms in total. The number of benzene rings is 1. The molecule has 1 heterocycles. The molecule has 1 aromatic heterocycles. The predicted molar refractivity (Wildman–Crippen MR) is 68.0 cm³/mol. The van der Waals surface area contributed by atoms with Crippen LogP contribution < -0.4 is 4.74 Å². The lowest BCUT2D eigenvalue weighted by Crippen LogP contribution is -1.88. The summed E-state index contributed by atoms with van der Waals surface area (Å²) in [5.41, 5.74) is 1.67. The van der Waals surface area contributed by atoms with Crippen LogP contribution in [0.25, 0.3) is 11.3 Å². The van der Waals surface area contributed by atoms with Gasteiger partial charge >= 0.3 is 0 Å². The zero-order chi connectivity index (χ0) is 11.7. The number of halogens is 2. The third-order valence-corrected chi connectivity index (χ3v) is 3.00. The Hall–Kier alpha value is -1.00. The van der Waals surface area contributed by atoms with Crippen LogP contribution in [0.3, 0.4) is 0 Å². The third-order valence-electron chi connectivity index (χ3n) is 2.19. The van der Waals surface area contributed by atoms with Crippen LogP contribution in [0.4, 0.5) is 0 Å². The van der Waals surface area contributed by atoms with Gasteiger partial charge in [0, 0.05) is 10.6 Å². The second-order valence-corrected chi connectivity index (χ2v) is 4.56. The van der Waals surface area contributed by atoms with Gasteiger partial charge in [0.2, 0.25) is 0 Å². The highest BCUT2D eigenvalue weighted by Crippen LogP contribution is 2.35. The van der Waals surface area contributed by atoms with E-state index >= 15 is 0 Å². The van der Waals surface area contributed by atoms with Gasteiger partial charge < -0.3 is 9.72 Å². The Morgan fingerprint density at radius 2 is 2.19 bits per heavy atom. The Morgan fingerprint density at radius 1 is 1.44 bits per heavy atom. The van der Waals surface area contributed by atoms with Crippen molar-refractivity contribution in [2.75, 3.05) is 7.11 Å². The Bertz CT molecular complexity index is 525. The number of aryl methyl sites for hydroxylation is 1. The van der Waals surface area contributed by atoms with Gasteiger partial charge in [-0.2, -0.15) is 0 Å². The van der Waals surface area contributed by atoms with Gasteiger partial charge in [-0.3, -0.25) is 0 Å². The van der Waals surface area contributed by atoms with Gasteiger partial charge in [-0.1, -0.05) is 11.6 Å².